The van der Waals surface area contributed by atoms with Gasteiger partial charge < -0.3 is 0 Å². The summed E-state index contributed by atoms with van der Waals surface area (Å²) < 4.78 is 15.9. The zero-order valence-corrected chi connectivity index (χ0v) is 12.0. The van der Waals surface area contributed by atoms with Crippen molar-refractivity contribution in [3.8, 4) is 5.69 Å². The number of nitrogens with zero attached hydrogens (tertiary/aromatic N) is 2. The Morgan fingerprint density at radius 2 is 1.90 bits per heavy atom. The molecule has 0 amide bonds. The summed E-state index contributed by atoms with van der Waals surface area (Å²) >= 11 is 6.23. The van der Waals surface area contributed by atoms with E-state index < -0.39 is 0 Å². The Morgan fingerprint density at radius 1 is 1.15 bits per heavy atom. The minimum Gasteiger partial charge on any atom is -0.292 e. The first-order valence-electron chi connectivity index (χ1n) is 6.46. The number of imidazole rings is 1. The normalized spacial score (nSPS) is 12.8. The monoisotopic (exact) mass is 288 g/mol. The third-order valence-corrected chi connectivity index (χ3v) is 3.56. The van der Waals surface area contributed by atoms with E-state index in [1.165, 1.54) is 6.07 Å². The second kappa shape index (κ2) is 4.91. The van der Waals surface area contributed by atoms with E-state index >= 15 is 0 Å². The second-order valence-electron chi connectivity index (χ2n) is 4.82. The molecule has 1 heterocycles. The van der Waals surface area contributed by atoms with Crippen LogP contribution in [0, 0.1) is 12.7 Å². The van der Waals surface area contributed by atoms with Gasteiger partial charge in [-0.3, -0.25) is 4.57 Å². The molecule has 3 rings (SSSR count). The number of aryl methyl sites for hydroxylation is 1. The first kappa shape index (κ1) is 13.1. The molecule has 2 nitrogen and oxygen atoms in total. The molecule has 3 aromatic rings. The number of aromatic nitrogens is 2. The summed E-state index contributed by atoms with van der Waals surface area (Å²) in [6.45, 7) is 3.83. The van der Waals surface area contributed by atoms with Crippen LogP contribution in [-0.2, 0) is 0 Å². The lowest BCUT2D eigenvalue weighted by molar-refractivity contribution is 0.616. The van der Waals surface area contributed by atoms with E-state index in [4.69, 9.17) is 11.6 Å². The first-order valence-corrected chi connectivity index (χ1v) is 6.90. The van der Waals surface area contributed by atoms with Crippen LogP contribution >= 0.6 is 11.6 Å². The highest BCUT2D eigenvalue weighted by Gasteiger charge is 2.18. The van der Waals surface area contributed by atoms with E-state index in [9.17, 15) is 4.39 Å². The minimum atomic E-state index is -0.304. The first-order chi connectivity index (χ1) is 9.59. The fraction of sp³-hybridized carbons (Fsp3) is 0.188. The van der Waals surface area contributed by atoms with E-state index in [1.807, 2.05) is 38.1 Å². The molecule has 0 saturated carbocycles. The van der Waals surface area contributed by atoms with E-state index in [2.05, 4.69) is 4.98 Å². The van der Waals surface area contributed by atoms with Crippen molar-refractivity contribution in [2.75, 3.05) is 0 Å². The van der Waals surface area contributed by atoms with Crippen LogP contribution in [0.4, 0.5) is 4.39 Å². The molecule has 1 aromatic heterocycles. The molecule has 0 aliphatic carbocycles. The molecule has 20 heavy (non-hydrogen) atoms. The summed E-state index contributed by atoms with van der Waals surface area (Å²) in [7, 11) is 0. The third kappa shape index (κ3) is 1.98. The molecule has 0 bridgehead atoms. The number of hydrogen-bond donors (Lipinski definition) is 0. The number of para-hydroxylation sites is 2. The van der Waals surface area contributed by atoms with Crippen LogP contribution in [0.2, 0.25) is 0 Å². The van der Waals surface area contributed by atoms with Crippen LogP contribution in [0.3, 0.4) is 0 Å². The van der Waals surface area contributed by atoms with Gasteiger partial charge in [-0.05, 0) is 37.6 Å². The maximum atomic E-state index is 14.1. The number of halogens is 2. The van der Waals surface area contributed by atoms with Crippen LogP contribution in [0.25, 0.3) is 16.7 Å². The maximum absolute atomic E-state index is 14.1. The number of hydrogen-bond acceptors (Lipinski definition) is 1. The zero-order chi connectivity index (χ0) is 14.3. The maximum Gasteiger partial charge on any atom is 0.147 e. The predicted octanol–water partition coefficient (Wildman–Crippen LogP) is 4.77. The number of rotatable bonds is 2. The second-order valence-corrected chi connectivity index (χ2v) is 5.47. The van der Waals surface area contributed by atoms with E-state index in [1.54, 1.807) is 16.7 Å². The van der Waals surface area contributed by atoms with Gasteiger partial charge in [-0.25, -0.2) is 9.37 Å². The number of alkyl halides is 1. The van der Waals surface area contributed by atoms with Crippen LogP contribution < -0.4 is 0 Å². The Kier molecular flexibility index (Phi) is 3.22. The number of fused-ring (bicyclic) bond motifs is 1. The average Bonchev–Trinajstić information content (AvgIpc) is 2.80. The van der Waals surface area contributed by atoms with Gasteiger partial charge in [0.25, 0.3) is 0 Å². The van der Waals surface area contributed by atoms with Crippen LogP contribution in [-0.4, -0.2) is 9.55 Å². The van der Waals surface area contributed by atoms with Crippen molar-refractivity contribution in [2.45, 2.75) is 19.2 Å². The van der Waals surface area contributed by atoms with Crippen LogP contribution in [0.1, 0.15) is 23.7 Å². The van der Waals surface area contributed by atoms with Crippen LogP contribution in [0.5, 0.6) is 0 Å². The van der Waals surface area contributed by atoms with Gasteiger partial charge in [0, 0.05) is 0 Å². The highest BCUT2D eigenvalue weighted by atomic mass is 35.5. The minimum absolute atomic E-state index is 0.285. The highest BCUT2D eigenvalue weighted by Crippen LogP contribution is 2.30. The fourth-order valence-corrected chi connectivity index (χ4v) is 2.56. The molecule has 0 radical (unpaired) electrons. The van der Waals surface area contributed by atoms with Crippen molar-refractivity contribution in [1.82, 2.24) is 9.55 Å². The molecule has 1 unspecified atom stereocenters. The molecule has 102 valence electrons. The summed E-state index contributed by atoms with van der Waals surface area (Å²) in [5.41, 5.74) is 3.26. The Hall–Kier alpha value is -1.87. The van der Waals surface area contributed by atoms with Gasteiger partial charge in [-0.15, -0.1) is 11.6 Å². The standard InChI is InChI=1S/C16H14ClFN2/c1-10-6-5-9-14-15(10)19-16(11(2)17)20(14)13-8-4-3-7-12(13)18/h3-9,11H,1-2H3. The lowest BCUT2D eigenvalue weighted by Gasteiger charge is -2.11. The van der Waals surface area contributed by atoms with Crippen molar-refractivity contribution in [3.05, 3.63) is 59.7 Å². The van der Waals surface area contributed by atoms with Gasteiger partial charge in [0.15, 0.2) is 0 Å². The average molecular weight is 289 g/mol. The smallest absolute Gasteiger partial charge is 0.147 e. The summed E-state index contributed by atoms with van der Waals surface area (Å²) in [5.74, 6) is 0.368. The molecule has 0 fully saturated rings. The van der Waals surface area contributed by atoms with Crippen LogP contribution in [0.15, 0.2) is 42.5 Å². The van der Waals surface area contributed by atoms with E-state index in [0.29, 0.717) is 11.5 Å². The zero-order valence-electron chi connectivity index (χ0n) is 11.3. The van der Waals surface area contributed by atoms with Crippen molar-refractivity contribution in [3.63, 3.8) is 0 Å². The van der Waals surface area contributed by atoms with Crippen molar-refractivity contribution >= 4 is 22.6 Å². The molecule has 0 aliphatic heterocycles. The van der Waals surface area contributed by atoms with Crippen molar-refractivity contribution in [2.24, 2.45) is 0 Å². The predicted molar refractivity (Wildman–Crippen MR) is 80.0 cm³/mol. The molecular formula is C16H14ClFN2. The number of benzene rings is 2. The summed E-state index contributed by atoms with van der Waals surface area (Å²) in [6, 6.07) is 12.5. The molecular weight excluding hydrogens is 275 g/mol. The Morgan fingerprint density at radius 3 is 2.60 bits per heavy atom. The Balaban J connectivity index is 2.42. The van der Waals surface area contributed by atoms with Gasteiger partial charge in [0.1, 0.15) is 11.6 Å². The lowest BCUT2D eigenvalue weighted by atomic mass is 10.2. The summed E-state index contributed by atoms with van der Waals surface area (Å²) in [6.07, 6.45) is 0. The summed E-state index contributed by atoms with van der Waals surface area (Å²) in [4.78, 5) is 4.59. The topological polar surface area (TPSA) is 17.8 Å². The molecule has 0 aliphatic rings. The molecule has 0 saturated heterocycles. The van der Waals surface area contributed by atoms with Gasteiger partial charge in [0.2, 0.25) is 0 Å². The quantitative estimate of drug-likeness (QED) is 0.621. The summed E-state index contributed by atoms with van der Waals surface area (Å²) in [5, 5.41) is -0.304. The largest absolute Gasteiger partial charge is 0.292 e. The van der Waals surface area contributed by atoms with E-state index in [0.717, 1.165) is 16.6 Å². The SMILES string of the molecule is Cc1cccc2c1nc(C(C)Cl)n2-c1ccccc1F. The molecule has 0 spiro atoms. The highest BCUT2D eigenvalue weighted by molar-refractivity contribution is 6.20. The van der Waals surface area contributed by atoms with Gasteiger partial charge >= 0.3 is 0 Å². The van der Waals surface area contributed by atoms with E-state index in [-0.39, 0.29) is 11.2 Å². The van der Waals surface area contributed by atoms with Gasteiger partial charge in [-0.1, -0.05) is 24.3 Å². The van der Waals surface area contributed by atoms with Crippen molar-refractivity contribution < 1.29 is 4.39 Å². The van der Waals surface area contributed by atoms with Gasteiger partial charge in [0.05, 0.1) is 22.1 Å². The fourth-order valence-electron chi connectivity index (χ4n) is 2.41. The Bertz CT molecular complexity index is 777. The molecule has 0 N–H and O–H groups in total. The Labute approximate surface area is 121 Å². The van der Waals surface area contributed by atoms with Crippen molar-refractivity contribution in [1.29, 1.82) is 0 Å². The lowest BCUT2D eigenvalue weighted by Crippen LogP contribution is -2.03. The molecule has 1 atom stereocenters. The third-order valence-electron chi connectivity index (χ3n) is 3.36. The molecule has 2 aromatic carbocycles. The molecule has 4 heteroatoms. The van der Waals surface area contributed by atoms with Gasteiger partial charge in [-0.2, -0.15) is 0 Å².